The van der Waals surface area contributed by atoms with E-state index in [-0.39, 0.29) is 26.1 Å². The Bertz CT molecular complexity index is 197. The summed E-state index contributed by atoms with van der Waals surface area (Å²) >= 11 is 0. The van der Waals surface area contributed by atoms with E-state index in [9.17, 15) is 9.59 Å². The predicted octanol–water partition coefficient (Wildman–Crippen LogP) is -2.03. The SMILES string of the molecule is O=C(O)CCC(=O)O.O=C(O)CO.OCCO. The van der Waals surface area contributed by atoms with E-state index < -0.39 is 24.5 Å². The van der Waals surface area contributed by atoms with Crippen LogP contribution in [0.2, 0.25) is 0 Å². The van der Waals surface area contributed by atoms with Crippen LogP contribution < -0.4 is 0 Å². The Morgan fingerprint density at radius 1 is 0.647 bits per heavy atom. The molecule has 0 aromatic rings. The topological polar surface area (TPSA) is 173 Å². The molecular formula is C8H16O9. The molecule has 0 rings (SSSR count). The number of aliphatic hydroxyl groups excluding tert-OH is 3. The molecule has 0 atom stereocenters. The molecule has 9 nitrogen and oxygen atoms in total. The third-order valence-electron chi connectivity index (χ3n) is 0.788. The number of rotatable bonds is 5. The Kier molecular flexibility index (Phi) is 20.3. The second kappa shape index (κ2) is 16.7. The summed E-state index contributed by atoms with van der Waals surface area (Å²) in [6.45, 7) is -1.03. The summed E-state index contributed by atoms with van der Waals surface area (Å²) in [5, 5.41) is 46.1. The normalized spacial score (nSPS) is 7.94. The zero-order valence-corrected chi connectivity index (χ0v) is 8.94. The first kappa shape index (κ1) is 20.7. The highest BCUT2D eigenvalue weighted by atomic mass is 16.4. The molecule has 0 bridgehead atoms. The number of carbonyl (C=O) groups is 3. The molecule has 0 saturated heterocycles. The second-order valence-corrected chi connectivity index (χ2v) is 2.29. The highest BCUT2D eigenvalue weighted by molar-refractivity contribution is 5.75. The third-order valence-corrected chi connectivity index (χ3v) is 0.788. The maximum absolute atomic E-state index is 9.64. The van der Waals surface area contributed by atoms with Crippen LogP contribution in [0.1, 0.15) is 12.8 Å². The van der Waals surface area contributed by atoms with Crippen molar-refractivity contribution < 1.29 is 45.0 Å². The number of carboxylic acid groups (broad SMARTS) is 3. The fourth-order valence-electron chi connectivity index (χ4n) is 0.214. The lowest BCUT2D eigenvalue weighted by Crippen LogP contribution is -2.00. The molecule has 0 unspecified atom stereocenters. The summed E-state index contributed by atoms with van der Waals surface area (Å²) in [7, 11) is 0. The average molecular weight is 256 g/mol. The van der Waals surface area contributed by atoms with E-state index >= 15 is 0 Å². The molecule has 0 spiro atoms. The van der Waals surface area contributed by atoms with E-state index in [1.807, 2.05) is 0 Å². The van der Waals surface area contributed by atoms with Crippen molar-refractivity contribution in [2.24, 2.45) is 0 Å². The van der Waals surface area contributed by atoms with Gasteiger partial charge in [-0.2, -0.15) is 0 Å². The molecule has 6 N–H and O–H groups in total. The van der Waals surface area contributed by atoms with Gasteiger partial charge in [-0.1, -0.05) is 0 Å². The van der Waals surface area contributed by atoms with E-state index in [0.717, 1.165) is 0 Å². The van der Waals surface area contributed by atoms with Crippen LogP contribution in [0.4, 0.5) is 0 Å². The molecule has 0 aromatic carbocycles. The first-order valence-corrected chi connectivity index (χ1v) is 4.29. The van der Waals surface area contributed by atoms with Crippen LogP contribution in [0.15, 0.2) is 0 Å². The standard InChI is InChI=1S/C4H6O4.C2H4O3.C2H6O2/c5-3(6)1-2-4(7)8;3-1-2(4)5;3-1-2-4/h1-2H2,(H,5,6)(H,7,8);3H,1H2,(H,4,5);3-4H,1-2H2. The van der Waals surface area contributed by atoms with E-state index in [0.29, 0.717) is 0 Å². The molecule has 0 fully saturated rings. The van der Waals surface area contributed by atoms with Gasteiger partial charge in [-0.05, 0) is 0 Å². The number of aliphatic hydroxyl groups is 3. The van der Waals surface area contributed by atoms with E-state index in [1.165, 1.54) is 0 Å². The fourth-order valence-corrected chi connectivity index (χ4v) is 0.214. The van der Waals surface area contributed by atoms with Gasteiger partial charge in [0, 0.05) is 0 Å². The molecule has 0 aliphatic heterocycles. The first-order valence-electron chi connectivity index (χ1n) is 4.29. The van der Waals surface area contributed by atoms with Gasteiger partial charge in [0.1, 0.15) is 6.61 Å². The summed E-state index contributed by atoms with van der Waals surface area (Å²) in [5.41, 5.74) is 0. The van der Waals surface area contributed by atoms with E-state index in [4.69, 9.17) is 35.4 Å². The summed E-state index contributed by atoms with van der Waals surface area (Å²) in [5.74, 6) is -3.34. The molecule has 102 valence electrons. The van der Waals surface area contributed by atoms with Crippen molar-refractivity contribution in [1.82, 2.24) is 0 Å². The second-order valence-electron chi connectivity index (χ2n) is 2.29. The zero-order chi connectivity index (χ0) is 14.3. The number of hydrogen-bond donors (Lipinski definition) is 6. The van der Waals surface area contributed by atoms with Gasteiger partial charge in [-0.15, -0.1) is 0 Å². The maximum atomic E-state index is 9.64. The Labute approximate surface area is 96.6 Å². The Morgan fingerprint density at radius 3 is 0.941 bits per heavy atom. The summed E-state index contributed by atoms with van der Waals surface area (Å²) < 4.78 is 0. The van der Waals surface area contributed by atoms with Crippen molar-refractivity contribution in [3.05, 3.63) is 0 Å². The Hall–Kier alpha value is -1.71. The minimum atomic E-state index is -1.19. The molecule has 0 amide bonds. The largest absolute Gasteiger partial charge is 0.481 e. The van der Waals surface area contributed by atoms with Gasteiger partial charge >= 0.3 is 17.9 Å². The minimum absolute atomic E-state index is 0.125. The Balaban J connectivity index is -0.000000188. The van der Waals surface area contributed by atoms with E-state index in [2.05, 4.69) is 0 Å². The van der Waals surface area contributed by atoms with Crippen LogP contribution >= 0.6 is 0 Å². The lowest BCUT2D eigenvalue weighted by atomic mass is 10.3. The van der Waals surface area contributed by atoms with Crippen LogP contribution in [0.25, 0.3) is 0 Å². The molecule has 0 saturated carbocycles. The van der Waals surface area contributed by atoms with Crippen LogP contribution in [0, 0.1) is 0 Å². The fraction of sp³-hybridized carbons (Fsp3) is 0.625. The van der Waals surface area contributed by atoms with Crippen molar-refractivity contribution in [2.45, 2.75) is 12.8 Å². The number of carboxylic acids is 3. The van der Waals surface area contributed by atoms with Crippen LogP contribution in [0.5, 0.6) is 0 Å². The van der Waals surface area contributed by atoms with Gasteiger partial charge in [0.2, 0.25) is 0 Å². The highest BCUT2D eigenvalue weighted by Gasteiger charge is 2.00. The van der Waals surface area contributed by atoms with Crippen LogP contribution in [0.3, 0.4) is 0 Å². The lowest BCUT2D eigenvalue weighted by Gasteiger charge is -1.85. The summed E-state index contributed by atoms with van der Waals surface area (Å²) in [6.07, 6.45) is -0.593. The monoisotopic (exact) mass is 256 g/mol. The average Bonchev–Trinajstić information content (AvgIpc) is 2.27. The summed E-state index contributed by atoms with van der Waals surface area (Å²) in [4.78, 5) is 28.4. The van der Waals surface area contributed by atoms with Crippen molar-refractivity contribution in [1.29, 1.82) is 0 Å². The van der Waals surface area contributed by atoms with Crippen LogP contribution in [-0.2, 0) is 14.4 Å². The molecular weight excluding hydrogens is 240 g/mol. The third kappa shape index (κ3) is 54.6. The van der Waals surface area contributed by atoms with Gasteiger partial charge < -0.3 is 30.6 Å². The quantitative estimate of drug-likeness (QED) is 0.324. The Morgan fingerprint density at radius 2 is 0.882 bits per heavy atom. The molecule has 0 aliphatic rings. The van der Waals surface area contributed by atoms with Gasteiger partial charge in [-0.3, -0.25) is 9.59 Å². The van der Waals surface area contributed by atoms with Crippen molar-refractivity contribution >= 4 is 17.9 Å². The van der Waals surface area contributed by atoms with Gasteiger partial charge in [-0.25, -0.2) is 4.79 Å². The van der Waals surface area contributed by atoms with Gasteiger partial charge in [0.15, 0.2) is 0 Å². The van der Waals surface area contributed by atoms with Gasteiger partial charge in [0.05, 0.1) is 26.1 Å². The minimum Gasteiger partial charge on any atom is -0.481 e. The molecule has 17 heavy (non-hydrogen) atoms. The molecule has 0 aliphatic carbocycles. The maximum Gasteiger partial charge on any atom is 0.329 e. The summed E-state index contributed by atoms with van der Waals surface area (Å²) in [6, 6.07) is 0. The molecule has 0 aromatic heterocycles. The first-order chi connectivity index (χ1) is 7.81. The van der Waals surface area contributed by atoms with E-state index in [1.54, 1.807) is 0 Å². The van der Waals surface area contributed by atoms with Gasteiger partial charge in [0.25, 0.3) is 0 Å². The number of aliphatic carboxylic acids is 3. The number of hydrogen-bond acceptors (Lipinski definition) is 6. The predicted molar refractivity (Wildman–Crippen MR) is 53.4 cm³/mol. The van der Waals surface area contributed by atoms with Crippen molar-refractivity contribution in [2.75, 3.05) is 19.8 Å². The lowest BCUT2D eigenvalue weighted by molar-refractivity contribution is -0.143. The molecule has 0 radical (unpaired) electrons. The van der Waals surface area contributed by atoms with Crippen LogP contribution in [-0.4, -0.2) is 68.4 Å². The van der Waals surface area contributed by atoms with Crippen molar-refractivity contribution in [3.63, 3.8) is 0 Å². The van der Waals surface area contributed by atoms with Crippen molar-refractivity contribution in [3.8, 4) is 0 Å². The molecule has 0 heterocycles. The highest BCUT2D eigenvalue weighted by Crippen LogP contribution is 1.86. The zero-order valence-electron chi connectivity index (χ0n) is 8.94. The smallest absolute Gasteiger partial charge is 0.329 e. The molecule has 9 heteroatoms.